The number of phosphoric ester groups is 1. The van der Waals surface area contributed by atoms with Gasteiger partial charge in [-0.3, -0.25) is 18.6 Å². The summed E-state index contributed by atoms with van der Waals surface area (Å²) in [6.45, 7) is 3.67. The first-order valence-corrected chi connectivity index (χ1v) is 25.6. The highest BCUT2D eigenvalue weighted by molar-refractivity contribution is 7.47. The van der Waals surface area contributed by atoms with Crippen LogP contribution in [0.3, 0.4) is 0 Å². The van der Waals surface area contributed by atoms with Crippen molar-refractivity contribution >= 4 is 19.8 Å². The molecule has 0 radical (unpaired) electrons. The van der Waals surface area contributed by atoms with Crippen molar-refractivity contribution in [1.82, 2.24) is 0 Å². The molecule has 0 aliphatic rings. The predicted octanol–water partition coefficient (Wildman–Crippen LogP) is 14.3. The second-order valence-corrected chi connectivity index (χ2v) is 17.4. The summed E-state index contributed by atoms with van der Waals surface area (Å²) in [6, 6.07) is 0. The molecule has 0 rings (SSSR count). The van der Waals surface area contributed by atoms with E-state index in [4.69, 9.17) is 24.3 Å². The third-order valence-electron chi connectivity index (χ3n) is 10.2. The highest BCUT2D eigenvalue weighted by Crippen LogP contribution is 2.43. The monoisotopic (exact) mass is 852 g/mol. The van der Waals surface area contributed by atoms with Crippen LogP contribution in [0.25, 0.3) is 0 Å². The van der Waals surface area contributed by atoms with E-state index in [9.17, 15) is 19.0 Å². The molecule has 0 heterocycles. The van der Waals surface area contributed by atoms with Crippen molar-refractivity contribution in [3.63, 3.8) is 0 Å². The number of hydrogen-bond donors (Lipinski definition) is 2. The van der Waals surface area contributed by atoms with Crippen LogP contribution in [-0.4, -0.2) is 49.3 Å². The summed E-state index contributed by atoms with van der Waals surface area (Å²) in [6.07, 6.45) is 53.0. The Bertz CT molecular complexity index is 1110. The molecular formula is C49H90NO8P. The zero-order valence-corrected chi connectivity index (χ0v) is 38.9. The van der Waals surface area contributed by atoms with Crippen molar-refractivity contribution in [1.29, 1.82) is 0 Å². The van der Waals surface area contributed by atoms with Crippen molar-refractivity contribution < 1.29 is 37.6 Å². The number of carbonyl (C=O) groups excluding carboxylic acids is 2. The lowest BCUT2D eigenvalue weighted by Gasteiger charge is -2.19. The Morgan fingerprint density at radius 1 is 0.508 bits per heavy atom. The van der Waals surface area contributed by atoms with E-state index in [0.29, 0.717) is 12.8 Å². The minimum atomic E-state index is -4.39. The Balaban J connectivity index is 4.13. The van der Waals surface area contributed by atoms with Crippen LogP contribution in [0.2, 0.25) is 0 Å². The molecule has 0 bridgehead atoms. The van der Waals surface area contributed by atoms with Gasteiger partial charge >= 0.3 is 19.8 Å². The highest BCUT2D eigenvalue weighted by atomic mass is 31.2. The summed E-state index contributed by atoms with van der Waals surface area (Å²) in [4.78, 5) is 34.9. The third kappa shape index (κ3) is 45.3. The van der Waals surface area contributed by atoms with Crippen molar-refractivity contribution in [3.8, 4) is 0 Å². The summed E-state index contributed by atoms with van der Waals surface area (Å²) in [5.74, 6) is -0.888. The van der Waals surface area contributed by atoms with Gasteiger partial charge < -0.3 is 20.1 Å². The molecule has 9 nitrogen and oxygen atoms in total. The van der Waals surface area contributed by atoms with Crippen LogP contribution in [0, 0.1) is 0 Å². The molecule has 0 fully saturated rings. The lowest BCUT2D eigenvalue weighted by atomic mass is 10.0. The van der Waals surface area contributed by atoms with Crippen LogP contribution in [0.1, 0.15) is 219 Å². The standard InChI is InChI=1S/C49H90NO8P/c1-3-5-7-9-11-13-15-17-19-21-22-23-24-26-27-29-31-33-35-37-39-41-48(51)55-45-47(46-57-59(53,54)56-44-43-50)58-49(52)42-40-38-36-34-32-30-28-25-20-18-16-14-12-10-8-6-4-2/h12,14,18,20,28,30,34,36,47H,3-11,13,15-17,19,21-27,29,31-33,35,37-46,50H2,1-2H3,(H,53,54)/b14-12-,20-18-,30-28-,36-34-/t47-/m1/s1. The molecule has 59 heavy (non-hydrogen) atoms. The number of nitrogens with two attached hydrogens (primary N) is 1. The quantitative estimate of drug-likeness (QED) is 0.0266. The first-order valence-electron chi connectivity index (χ1n) is 24.1. The van der Waals surface area contributed by atoms with Gasteiger partial charge in [0.2, 0.25) is 0 Å². The molecule has 1 unspecified atom stereocenters. The van der Waals surface area contributed by atoms with E-state index in [-0.39, 0.29) is 32.6 Å². The maximum absolute atomic E-state index is 12.6. The molecule has 0 aliphatic heterocycles. The van der Waals surface area contributed by atoms with E-state index in [1.165, 1.54) is 141 Å². The lowest BCUT2D eigenvalue weighted by molar-refractivity contribution is -0.161. The molecule has 2 atom stereocenters. The molecule has 3 N–H and O–H groups in total. The summed E-state index contributed by atoms with van der Waals surface area (Å²) in [5, 5.41) is 0. The second-order valence-electron chi connectivity index (χ2n) is 16.0. The first kappa shape index (κ1) is 57.0. The fourth-order valence-electron chi connectivity index (χ4n) is 6.63. The number of unbranched alkanes of at least 4 members (excludes halogenated alkanes) is 24. The number of ether oxygens (including phenoxy) is 2. The van der Waals surface area contributed by atoms with Crippen LogP contribution < -0.4 is 5.73 Å². The molecule has 10 heteroatoms. The van der Waals surface area contributed by atoms with Gasteiger partial charge in [-0.2, -0.15) is 0 Å². The first-order chi connectivity index (χ1) is 28.8. The number of phosphoric acid groups is 1. The van der Waals surface area contributed by atoms with Gasteiger partial charge in [-0.05, 0) is 51.4 Å². The van der Waals surface area contributed by atoms with E-state index >= 15 is 0 Å². The molecule has 0 saturated heterocycles. The van der Waals surface area contributed by atoms with E-state index in [2.05, 4.69) is 56.4 Å². The van der Waals surface area contributed by atoms with Gasteiger partial charge in [0.25, 0.3) is 0 Å². The fraction of sp³-hybridized carbons (Fsp3) is 0.796. The highest BCUT2D eigenvalue weighted by Gasteiger charge is 2.26. The average Bonchev–Trinajstić information content (AvgIpc) is 3.22. The van der Waals surface area contributed by atoms with Crippen molar-refractivity contribution in [2.24, 2.45) is 5.73 Å². The molecule has 0 aromatic carbocycles. The Kier molecular flexibility index (Phi) is 43.9. The number of allylic oxidation sites excluding steroid dienone is 8. The largest absolute Gasteiger partial charge is 0.472 e. The van der Waals surface area contributed by atoms with E-state index < -0.39 is 32.5 Å². The molecule has 0 aromatic rings. The summed E-state index contributed by atoms with van der Waals surface area (Å²) in [7, 11) is -4.39. The number of carbonyl (C=O) groups is 2. The Labute approximate surface area is 362 Å². The number of esters is 2. The second kappa shape index (κ2) is 45.5. The minimum absolute atomic E-state index is 0.0446. The van der Waals surface area contributed by atoms with E-state index in [1.54, 1.807) is 0 Å². The summed E-state index contributed by atoms with van der Waals surface area (Å²) in [5.41, 5.74) is 5.35. The molecule has 0 amide bonds. The maximum Gasteiger partial charge on any atom is 0.472 e. The zero-order valence-electron chi connectivity index (χ0n) is 38.0. The van der Waals surface area contributed by atoms with Gasteiger partial charge in [-0.15, -0.1) is 0 Å². The van der Waals surface area contributed by atoms with E-state index in [1.807, 2.05) is 6.08 Å². The average molecular weight is 852 g/mol. The molecule has 344 valence electrons. The number of hydrogen-bond acceptors (Lipinski definition) is 8. The third-order valence-corrected chi connectivity index (χ3v) is 11.2. The fourth-order valence-corrected chi connectivity index (χ4v) is 7.39. The van der Waals surface area contributed by atoms with E-state index in [0.717, 1.165) is 38.5 Å². The minimum Gasteiger partial charge on any atom is -0.462 e. The Morgan fingerprint density at radius 3 is 1.36 bits per heavy atom. The van der Waals surface area contributed by atoms with Gasteiger partial charge in [0, 0.05) is 19.4 Å². The van der Waals surface area contributed by atoms with Gasteiger partial charge in [0.1, 0.15) is 6.61 Å². The van der Waals surface area contributed by atoms with Crippen LogP contribution in [0.15, 0.2) is 48.6 Å². The molecule has 0 aliphatic carbocycles. The summed E-state index contributed by atoms with van der Waals surface area (Å²) >= 11 is 0. The molecule has 0 saturated carbocycles. The van der Waals surface area contributed by atoms with Crippen LogP contribution in [0.4, 0.5) is 0 Å². The Hall–Kier alpha value is -2.03. The zero-order chi connectivity index (χ0) is 43.2. The molecule has 0 spiro atoms. The van der Waals surface area contributed by atoms with Crippen molar-refractivity contribution in [3.05, 3.63) is 48.6 Å². The van der Waals surface area contributed by atoms with Gasteiger partial charge in [0.15, 0.2) is 6.10 Å². The smallest absolute Gasteiger partial charge is 0.462 e. The predicted molar refractivity (Wildman–Crippen MR) is 247 cm³/mol. The topological polar surface area (TPSA) is 134 Å². The molecular weight excluding hydrogens is 762 g/mol. The Morgan fingerprint density at radius 2 is 0.898 bits per heavy atom. The summed E-state index contributed by atoms with van der Waals surface area (Å²) < 4.78 is 32.8. The van der Waals surface area contributed by atoms with Crippen LogP contribution in [-0.2, 0) is 32.7 Å². The van der Waals surface area contributed by atoms with Crippen molar-refractivity contribution in [2.75, 3.05) is 26.4 Å². The normalized spacial score (nSPS) is 13.6. The van der Waals surface area contributed by atoms with Crippen molar-refractivity contribution in [2.45, 2.75) is 225 Å². The lowest BCUT2D eigenvalue weighted by Crippen LogP contribution is -2.29. The van der Waals surface area contributed by atoms with Gasteiger partial charge in [0.05, 0.1) is 13.2 Å². The SMILES string of the molecule is CCCCC/C=C\C/C=C\C/C=C\C/C=C\CCCC(=O)O[C@H](COC(=O)CCCCCCCCCCCCCCCCCCCCCCC)COP(=O)(O)OCCN. The van der Waals surface area contributed by atoms with Crippen LogP contribution in [0.5, 0.6) is 0 Å². The van der Waals surface area contributed by atoms with Gasteiger partial charge in [-0.25, -0.2) is 4.57 Å². The number of rotatable bonds is 45. The van der Waals surface area contributed by atoms with Crippen LogP contribution >= 0.6 is 7.82 Å². The maximum atomic E-state index is 12.6. The van der Waals surface area contributed by atoms with Gasteiger partial charge in [-0.1, -0.05) is 204 Å². The molecule has 0 aromatic heterocycles.